The van der Waals surface area contributed by atoms with Gasteiger partial charge in [0.25, 0.3) is 5.67 Å². The van der Waals surface area contributed by atoms with Gasteiger partial charge < -0.3 is 0 Å². The van der Waals surface area contributed by atoms with Crippen molar-refractivity contribution in [2.45, 2.75) is 11.8 Å². The van der Waals surface area contributed by atoms with Crippen molar-refractivity contribution < 1.29 is 43.9 Å². The topological polar surface area (TPSA) is 0 Å². The molecule has 0 fully saturated rings. The lowest BCUT2D eigenvalue weighted by Gasteiger charge is -2.24. The van der Waals surface area contributed by atoms with E-state index >= 15 is 0 Å². The van der Waals surface area contributed by atoms with Crippen LogP contribution in [0, 0.1) is 23.3 Å². The van der Waals surface area contributed by atoms with Gasteiger partial charge in [0.15, 0.2) is 34.9 Å². The monoisotopic (exact) mass is 310 g/mol. The van der Waals surface area contributed by atoms with Gasteiger partial charge in [0, 0.05) is 0 Å². The van der Waals surface area contributed by atoms with E-state index in [-0.39, 0.29) is 0 Å². The van der Waals surface area contributed by atoms with E-state index in [1.165, 1.54) is 0 Å². The van der Waals surface area contributed by atoms with Crippen LogP contribution in [0.4, 0.5) is 43.9 Å². The average molecular weight is 310 g/mol. The average Bonchev–Trinajstić information content (AvgIpc) is 2.55. The van der Waals surface area contributed by atoms with Gasteiger partial charge in [-0.3, -0.25) is 0 Å². The molecule has 0 spiro atoms. The number of halogens is 10. The van der Waals surface area contributed by atoms with Crippen molar-refractivity contribution in [2.75, 3.05) is 0 Å². The van der Waals surface area contributed by atoms with Crippen LogP contribution in [0.1, 0.15) is 11.1 Å². The summed E-state index contributed by atoms with van der Waals surface area (Å²) in [5, 5.41) is 0. The van der Waals surface area contributed by atoms with E-state index in [2.05, 4.69) is 0 Å². The first kappa shape index (κ1) is 14.7. The molecule has 0 heterocycles. The highest BCUT2D eigenvalue weighted by Crippen LogP contribution is 2.58. The van der Waals surface area contributed by atoms with E-state index < -0.39 is 57.9 Å². The highest BCUT2D eigenvalue weighted by atomic mass is 19.4. The molecule has 1 aromatic rings. The van der Waals surface area contributed by atoms with Crippen LogP contribution in [0.15, 0.2) is 5.83 Å². The maximum atomic E-state index is 13.7. The van der Waals surface area contributed by atoms with Crippen LogP contribution in [0.25, 0.3) is 5.83 Å². The van der Waals surface area contributed by atoms with Gasteiger partial charge in [0.1, 0.15) is 0 Å². The van der Waals surface area contributed by atoms with Crippen molar-refractivity contribution in [3.05, 3.63) is 40.2 Å². The largest absolute Gasteiger partial charge is 0.433 e. The van der Waals surface area contributed by atoms with E-state index in [0.717, 1.165) is 0 Å². The van der Waals surface area contributed by atoms with E-state index in [1.807, 2.05) is 0 Å². The van der Waals surface area contributed by atoms with Crippen molar-refractivity contribution in [2.24, 2.45) is 0 Å². The standard InChI is InChI=1S/C10F10/c11-3-1-2(5(13)7(15)6(3)14)9(17,10(18,19)20)8(16)4(1)12. The summed E-state index contributed by atoms with van der Waals surface area (Å²) in [6.07, 6.45) is -6.25. The van der Waals surface area contributed by atoms with E-state index in [9.17, 15) is 43.9 Å². The van der Waals surface area contributed by atoms with Crippen LogP contribution < -0.4 is 0 Å². The lowest BCUT2D eigenvalue weighted by molar-refractivity contribution is -0.226. The van der Waals surface area contributed by atoms with Crippen molar-refractivity contribution in [1.82, 2.24) is 0 Å². The molecule has 10 heteroatoms. The highest BCUT2D eigenvalue weighted by Gasteiger charge is 2.68. The van der Waals surface area contributed by atoms with Crippen LogP contribution in [0.2, 0.25) is 0 Å². The van der Waals surface area contributed by atoms with Gasteiger partial charge in [-0.2, -0.15) is 13.2 Å². The van der Waals surface area contributed by atoms with E-state index in [0.29, 0.717) is 0 Å². The summed E-state index contributed by atoms with van der Waals surface area (Å²) in [5.74, 6) is -17.0. The summed E-state index contributed by atoms with van der Waals surface area (Å²) in [4.78, 5) is 0. The second kappa shape index (κ2) is 3.89. The fourth-order valence-electron chi connectivity index (χ4n) is 1.80. The molecule has 1 atom stereocenters. The molecule has 0 aromatic heterocycles. The Morgan fingerprint density at radius 3 is 1.60 bits per heavy atom. The molecular formula is C10F10. The minimum atomic E-state index is -6.25. The first-order chi connectivity index (χ1) is 8.96. The Kier molecular flexibility index (Phi) is 2.85. The second-order valence-corrected chi connectivity index (χ2v) is 3.79. The highest BCUT2D eigenvalue weighted by molar-refractivity contribution is 5.75. The lowest BCUT2D eigenvalue weighted by Crippen LogP contribution is -2.38. The SMILES string of the molecule is FC1=C(F)C(F)(C(F)(F)F)c2c(F)c(F)c(F)c(F)c21. The molecule has 0 saturated heterocycles. The van der Waals surface area contributed by atoms with Crippen LogP contribution in [0.3, 0.4) is 0 Å². The van der Waals surface area contributed by atoms with Crippen molar-refractivity contribution in [3.63, 3.8) is 0 Å². The van der Waals surface area contributed by atoms with Crippen LogP contribution in [-0.2, 0) is 5.67 Å². The fourth-order valence-corrected chi connectivity index (χ4v) is 1.80. The number of fused-ring (bicyclic) bond motifs is 1. The zero-order valence-corrected chi connectivity index (χ0v) is 8.78. The molecule has 1 unspecified atom stereocenters. The summed E-state index contributed by atoms with van der Waals surface area (Å²) in [6, 6.07) is 0. The zero-order chi connectivity index (χ0) is 15.6. The predicted molar refractivity (Wildman–Crippen MR) is 44.3 cm³/mol. The number of rotatable bonds is 0. The zero-order valence-electron chi connectivity index (χ0n) is 8.78. The molecule has 0 N–H and O–H groups in total. The molecule has 1 aliphatic carbocycles. The van der Waals surface area contributed by atoms with Gasteiger partial charge in [-0.25, -0.2) is 30.7 Å². The number of hydrogen-bond donors (Lipinski definition) is 0. The van der Waals surface area contributed by atoms with Crippen LogP contribution in [-0.4, -0.2) is 6.18 Å². The Morgan fingerprint density at radius 2 is 1.15 bits per heavy atom. The van der Waals surface area contributed by atoms with Gasteiger partial charge >= 0.3 is 6.18 Å². The maximum absolute atomic E-state index is 13.7. The van der Waals surface area contributed by atoms with Gasteiger partial charge in [-0.05, 0) is 0 Å². The van der Waals surface area contributed by atoms with Crippen LogP contribution >= 0.6 is 0 Å². The molecular weight excluding hydrogens is 310 g/mol. The number of benzene rings is 1. The molecule has 0 radical (unpaired) electrons. The van der Waals surface area contributed by atoms with Gasteiger partial charge in [0.2, 0.25) is 0 Å². The molecule has 0 saturated carbocycles. The third-order valence-electron chi connectivity index (χ3n) is 2.72. The maximum Gasteiger partial charge on any atom is 0.433 e. The number of alkyl halides is 4. The molecule has 1 aromatic carbocycles. The normalized spacial score (nSPS) is 22.5. The fraction of sp³-hybridized carbons (Fsp3) is 0.200. The molecule has 2 rings (SSSR count). The summed E-state index contributed by atoms with van der Waals surface area (Å²) in [7, 11) is 0. The predicted octanol–water partition coefficient (Wildman–Crippen LogP) is 4.59. The Hall–Kier alpha value is -1.74. The molecule has 0 bridgehead atoms. The van der Waals surface area contributed by atoms with Crippen molar-refractivity contribution in [3.8, 4) is 0 Å². The van der Waals surface area contributed by atoms with E-state index in [1.54, 1.807) is 0 Å². The van der Waals surface area contributed by atoms with Gasteiger partial charge in [-0.1, -0.05) is 0 Å². The smallest absolute Gasteiger partial charge is 0.220 e. The summed E-state index contributed by atoms with van der Waals surface area (Å²) in [6.45, 7) is 0. The first-order valence-electron chi connectivity index (χ1n) is 4.64. The molecule has 0 amide bonds. The summed E-state index contributed by atoms with van der Waals surface area (Å²) in [5.41, 5.74) is -10.3. The van der Waals surface area contributed by atoms with E-state index in [4.69, 9.17) is 0 Å². The third-order valence-corrected chi connectivity index (χ3v) is 2.72. The lowest BCUT2D eigenvalue weighted by atomic mass is 9.95. The summed E-state index contributed by atoms with van der Waals surface area (Å²) < 4.78 is 129. The van der Waals surface area contributed by atoms with Gasteiger partial charge in [0.05, 0.1) is 11.1 Å². The van der Waals surface area contributed by atoms with Gasteiger partial charge in [-0.15, -0.1) is 0 Å². The molecule has 20 heavy (non-hydrogen) atoms. The minimum absolute atomic E-state index is 2.27. The summed E-state index contributed by atoms with van der Waals surface area (Å²) >= 11 is 0. The molecule has 1 aliphatic rings. The second-order valence-electron chi connectivity index (χ2n) is 3.79. The minimum Gasteiger partial charge on any atom is -0.220 e. The number of allylic oxidation sites excluding steroid dienone is 1. The molecule has 0 aliphatic heterocycles. The molecule has 110 valence electrons. The third kappa shape index (κ3) is 1.44. The first-order valence-corrected chi connectivity index (χ1v) is 4.64. The Labute approximate surface area is 103 Å². The van der Waals surface area contributed by atoms with Crippen molar-refractivity contribution >= 4 is 5.83 Å². The Balaban J connectivity index is 3.00. The number of hydrogen-bond acceptors (Lipinski definition) is 0. The van der Waals surface area contributed by atoms with Crippen molar-refractivity contribution in [1.29, 1.82) is 0 Å². The Morgan fingerprint density at radius 1 is 0.700 bits per heavy atom. The quantitative estimate of drug-likeness (QED) is 0.373. The molecule has 0 nitrogen and oxygen atoms in total. The van der Waals surface area contributed by atoms with Crippen LogP contribution in [0.5, 0.6) is 0 Å². The Bertz CT molecular complexity index is 641.